The Hall–Kier alpha value is -4.04. The molecule has 5 heterocycles. The molecule has 11 nitrogen and oxygen atoms in total. The number of halogens is 2. The zero-order valence-corrected chi connectivity index (χ0v) is 20.6. The molecular formula is C23H22F2N8O3S. The summed E-state index contributed by atoms with van der Waals surface area (Å²) in [7, 11) is 3.04. The van der Waals surface area contributed by atoms with Crippen LogP contribution in [0, 0.1) is 0 Å². The zero-order chi connectivity index (χ0) is 26.2. The van der Waals surface area contributed by atoms with Gasteiger partial charge >= 0.3 is 0 Å². The maximum absolute atomic E-state index is 12.7. The van der Waals surface area contributed by atoms with Crippen LogP contribution in [0.2, 0.25) is 0 Å². The van der Waals surface area contributed by atoms with E-state index in [-0.39, 0.29) is 24.2 Å². The smallest absolute Gasteiger partial charge is 0.261 e. The number of hydrogen-bond donors (Lipinski definition) is 2. The van der Waals surface area contributed by atoms with Crippen molar-refractivity contribution in [2.75, 3.05) is 26.0 Å². The number of thiazole rings is 1. The number of amides is 1. The van der Waals surface area contributed by atoms with Crippen LogP contribution in [0.4, 0.5) is 20.4 Å². The number of aromatic nitrogens is 6. The molecule has 0 bridgehead atoms. The van der Waals surface area contributed by atoms with Crippen LogP contribution >= 0.6 is 11.3 Å². The molecule has 14 heteroatoms. The quantitative estimate of drug-likeness (QED) is 0.354. The molecule has 1 aliphatic rings. The van der Waals surface area contributed by atoms with Gasteiger partial charge in [-0.05, 0) is 18.2 Å². The highest BCUT2D eigenvalue weighted by Crippen LogP contribution is 2.38. The number of hydrogen-bond acceptors (Lipinski definition) is 10. The van der Waals surface area contributed by atoms with E-state index < -0.39 is 18.6 Å². The first kappa shape index (κ1) is 24.6. The average Bonchev–Trinajstić information content (AvgIpc) is 3.60. The fourth-order valence-electron chi connectivity index (χ4n) is 3.91. The molecule has 0 unspecified atom stereocenters. The number of alkyl halides is 2. The Balaban J connectivity index is 1.39. The summed E-state index contributed by atoms with van der Waals surface area (Å²) in [6.07, 6.45) is 2.24. The Morgan fingerprint density at radius 1 is 1.22 bits per heavy atom. The summed E-state index contributed by atoms with van der Waals surface area (Å²) >= 11 is 1.21. The molecule has 0 saturated carbocycles. The van der Waals surface area contributed by atoms with Gasteiger partial charge in [-0.3, -0.25) is 9.48 Å². The summed E-state index contributed by atoms with van der Waals surface area (Å²) in [5, 5.41) is 18.1. The second-order valence-electron chi connectivity index (χ2n) is 8.33. The van der Waals surface area contributed by atoms with Crippen LogP contribution in [-0.2, 0) is 16.9 Å². The lowest BCUT2D eigenvalue weighted by atomic mass is 10.0. The molecule has 0 spiro atoms. The van der Waals surface area contributed by atoms with E-state index >= 15 is 0 Å². The van der Waals surface area contributed by atoms with Crippen LogP contribution in [0.3, 0.4) is 0 Å². The maximum Gasteiger partial charge on any atom is 0.261 e. The molecule has 4 aromatic heterocycles. The fourth-order valence-corrected chi connectivity index (χ4v) is 4.90. The van der Waals surface area contributed by atoms with Gasteiger partial charge in [0.05, 0.1) is 35.3 Å². The lowest BCUT2D eigenvalue weighted by molar-refractivity contribution is -0.143. The molecular weight excluding hydrogens is 506 g/mol. The third-order valence-corrected chi connectivity index (χ3v) is 6.95. The van der Waals surface area contributed by atoms with Crippen LogP contribution in [0.1, 0.15) is 11.4 Å². The van der Waals surface area contributed by atoms with Crippen molar-refractivity contribution in [2.24, 2.45) is 0 Å². The summed E-state index contributed by atoms with van der Waals surface area (Å²) < 4.78 is 31.7. The van der Waals surface area contributed by atoms with Gasteiger partial charge in [-0.15, -0.1) is 16.4 Å². The molecule has 1 fully saturated rings. The largest absolute Gasteiger partial charge is 0.478 e. The summed E-state index contributed by atoms with van der Waals surface area (Å²) in [6, 6.07) is 7.08. The van der Waals surface area contributed by atoms with E-state index in [2.05, 4.69) is 30.4 Å². The number of likely N-dealkylation sites (tertiary alicyclic amines) is 1. The molecule has 0 aliphatic carbocycles. The standard InChI is InChI=1S/C23H22F2N8O3S/c1-32-9-7-23(35,21(32)34)20-27-10-17(37-20)15-5-3-4-13(28-15)14-6-8-26-22(29-14)30-16-11-33(12-18(24)25)31-19(16)36-2/h3-6,8,10-11,18,35H,7,9,12H2,1-2H3,(H,26,29,30)/t23-/m0/s1. The second-order valence-corrected chi connectivity index (χ2v) is 9.36. The number of pyridine rings is 1. The zero-order valence-electron chi connectivity index (χ0n) is 19.8. The molecule has 1 aliphatic heterocycles. The van der Waals surface area contributed by atoms with E-state index in [4.69, 9.17) is 4.74 Å². The Labute approximate surface area is 213 Å². The molecule has 1 amide bonds. The number of aliphatic hydroxyl groups is 1. The normalized spacial score (nSPS) is 17.6. The number of nitrogens with zero attached hydrogens (tertiary/aromatic N) is 7. The number of methoxy groups -OCH3 is 1. The van der Waals surface area contributed by atoms with Gasteiger partial charge in [-0.1, -0.05) is 6.07 Å². The van der Waals surface area contributed by atoms with Gasteiger partial charge in [0.25, 0.3) is 18.2 Å². The number of anilines is 2. The second kappa shape index (κ2) is 9.78. The van der Waals surface area contributed by atoms with E-state index in [0.717, 1.165) is 4.68 Å². The molecule has 5 rings (SSSR count). The van der Waals surface area contributed by atoms with Crippen molar-refractivity contribution in [3.63, 3.8) is 0 Å². The molecule has 0 radical (unpaired) electrons. The maximum atomic E-state index is 12.7. The number of rotatable bonds is 8. The Morgan fingerprint density at radius 2 is 2.00 bits per heavy atom. The van der Waals surface area contributed by atoms with Crippen LogP contribution in [0.15, 0.2) is 42.9 Å². The summed E-state index contributed by atoms with van der Waals surface area (Å²) in [6.45, 7) is -0.113. The Kier molecular flexibility index (Phi) is 6.52. The van der Waals surface area contributed by atoms with Gasteiger partial charge in [0.2, 0.25) is 5.95 Å². The van der Waals surface area contributed by atoms with E-state index in [1.54, 1.807) is 31.4 Å². The van der Waals surface area contributed by atoms with Gasteiger partial charge in [0.15, 0.2) is 5.60 Å². The first-order valence-electron chi connectivity index (χ1n) is 11.2. The number of carbonyl (C=O) groups excluding carboxylic acids is 1. The Morgan fingerprint density at radius 3 is 2.73 bits per heavy atom. The van der Waals surface area contributed by atoms with Gasteiger partial charge in [0.1, 0.15) is 17.2 Å². The average molecular weight is 529 g/mol. The Bertz CT molecular complexity index is 1440. The van der Waals surface area contributed by atoms with Crippen LogP contribution < -0.4 is 10.1 Å². The highest BCUT2D eigenvalue weighted by molar-refractivity contribution is 7.15. The van der Waals surface area contributed by atoms with Crippen molar-refractivity contribution in [1.82, 2.24) is 34.6 Å². The van der Waals surface area contributed by atoms with Crippen molar-refractivity contribution >= 4 is 28.9 Å². The molecule has 37 heavy (non-hydrogen) atoms. The SMILES string of the molecule is COc1nn(CC(F)F)cc1Nc1nccc(-c2cccc(-c3cnc([C@@]4(O)CCN(C)C4=O)s3)n2)n1. The lowest BCUT2D eigenvalue weighted by Crippen LogP contribution is -2.35. The summed E-state index contributed by atoms with van der Waals surface area (Å²) in [4.78, 5) is 32.3. The van der Waals surface area contributed by atoms with Crippen molar-refractivity contribution in [1.29, 1.82) is 0 Å². The van der Waals surface area contributed by atoms with Crippen molar-refractivity contribution in [3.8, 4) is 27.8 Å². The van der Waals surface area contributed by atoms with Crippen molar-refractivity contribution in [3.05, 3.63) is 47.9 Å². The molecule has 0 aromatic carbocycles. The minimum absolute atomic E-state index is 0.129. The number of likely N-dealkylation sites (N-methyl/N-ethyl adjacent to an activating group) is 1. The van der Waals surface area contributed by atoms with Crippen LogP contribution in [0.25, 0.3) is 22.0 Å². The van der Waals surface area contributed by atoms with E-state index in [0.29, 0.717) is 39.2 Å². The van der Waals surface area contributed by atoms with Crippen LogP contribution in [-0.4, -0.2) is 72.8 Å². The third-order valence-electron chi connectivity index (χ3n) is 5.78. The van der Waals surface area contributed by atoms with Gasteiger partial charge in [-0.2, -0.15) is 0 Å². The molecule has 192 valence electrons. The van der Waals surface area contributed by atoms with E-state index in [9.17, 15) is 18.7 Å². The predicted molar refractivity (Wildman–Crippen MR) is 131 cm³/mol. The first-order chi connectivity index (χ1) is 17.8. The number of nitrogens with one attached hydrogen (secondary N) is 1. The molecule has 1 saturated heterocycles. The molecule has 2 N–H and O–H groups in total. The number of carbonyl (C=O) groups is 1. The predicted octanol–water partition coefficient (Wildman–Crippen LogP) is 2.93. The highest BCUT2D eigenvalue weighted by Gasteiger charge is 2.47. The minimum atomic E-state index is -2.56. The molecule has 4 aromatic rings. The van der Waals surface area contributed by atoms with Crippen LogP contribution in [0.5, 0.6) is 5.88 Å². The molecule has 1 atom stereocenters. The highest BCUT2D eigenvalue weighted by atomic mass is 32.1. The van der Waals surface area contributed by atoms with Gasteiger partial charge in [-0.25, -0.2) is 28.7 Å². The fraction of sp³-hybridized carbons (Fsp3) is 0.304. The first-order valence-corrected chi connectivity index (χ1v) is 12.0. The minimum Gasteiger partial charge on any atom is -0.478 e. The summed E-state index contributed by atoms with van der Waals surface area (Å²) in [5.41, 5.74) is 0.381. The lowest BCUT2D eigenvalue weighted by Gasteiger charge is -2.17. The monoisotopic (exact) mass is 528 g/mol. The van der Waals surface area contributed by atoms with Gasteiger partial charge in [0, 0.05) is 32.4 Å². The van der Waals surface area contributed by atoms with Crippen molar-refractivity contribution in [2.45, 2.75) is 25.0 Å². The third kappa shape index (κ3) is 4.84. The van der Waals surface area contributed by atoms with E-state index in [1.807, 2.05) is 6.07 Å². The van der Waals surface area contributed by atoms with Gasteiger partial charge < -0.3 is 20.1 Å². The summed E-state index contributed by atoms with van der Waals surface area (Å²) in [5.74, 6) is -0.0392. The topological polar surface area (TPSA) is 131 Å². The number of ether oxygens (including phenoxy) is 1. The van der Waals surface area contributed by atoms with Crippen molar-refractivity contribution < 1.29 is 23.4 Å². The van der Waals surface area contributed by atoms with E-state index in [1.165, 1.54) is 35.7 Å².